The summed E-state index contributed by atoms with van der Waals surface area (Å²) in [5.74, 6) is -2.17. The van der Waals surface area contributed by atoms with Crippen LogP contribution in [0, 0.1) is 0 Å². The van der Waals surface area contributed by atoms with Crippen LogP contribution in [0.15, 0.2) is 0 Å². The Balaban J connectivity index is 2.05. The van der Waals surface area contributed by atoms with Crippen molar-refractivity contribution in [3.8, 4) is 0 Å². The van der Waals surface area contributed by atoms with E-state index >= 15 is 0 Å². The van der Waals surface area contributed by atoms with Gasteiger partial charge in [0.1, 0.15) is 67.0 Å². The number of hydrogen-bond acceptors (Lipinski definition) is 24. The van der Waals surface area contributed by atoms with Crippen LogP contribution in [0.4, 0.5) is 0 Å². The topological polar surface area (TPSA) is 497 Å². The third kappa shape index (κ3) is 14.0. The minimum absolute atomic E-state index is 0.771. The first-order valence-corrected chi connectivity index (χ1v) is 21.4. The van der Waals surface area contributed by atoms with Gasteiger partial charge in [-0.2, -0.15) is 51.5 Å². The highest BCUT2D eigenvalue weighted by Crippen LogP contribution is 2.34. The van der Waals surface area contributed by atoms with E-state index in [1.54, 1.807) is 0 Å². The van der Waals surface area contributed by atoms with Gasteiger partial charge < -0.3 is 54.0 Å². The average molecular weight is 931 g/mol. The normalized spacial score (nSPS) is 37.9. The monoisotopic (exact) mass is 930 g/mol. The summed E-state index contributed by atoms with van der Waals surface area (Å²) in [7, 11) is -26.5. The lowest BCUT2D eigenvalue weighted by atomic mass is 9.95. The quantitative estimate of drug-likeness (QED) is 0.0568. The van der Waals surface area contributed by atoms with Gasteiger partial charge in [-0.05, 0) is 0 Å². The maximum absolute atomic E-state index is 12.4. The van der Waals surface area contributed by atoms with Crippen LogP contribution in [-0.4, -0.2) is 209 Å². The summed E-state index contributed by atoms with van der Waals surface area (Å²) < 4.78 is 208. The molecule has 0 aromatic heterocycles. The number of nitrogens with one attached hydrogen (secondary N) is 2. The molecule has 0 aliphatic carbocycles. The van der Waals surface area contributed by atoms with Crippen LogP contribution in [0.3, 0.4) is 0 Å². The molecule has 330 valence electrons. The molecular weight excluding hydrogens is 897 g/mol. The van der Waals surface area contributed by atoms with E-state index in [-0.39, 0.29) is 0 Å². The van der Waals surface area contributed by atoms with Crippen LogP contribution in [0.1, 0.15) is 0 Å². The first-order valence-electron chi connectivity index (χ1n) is 14.4. The standard InChI is InChI=1S/C19H34N2O30S5/c1-43-17-7(21-53(31,32)33)13(51-56(40,41)42)12(5(47-17)3-45-55(37,38)39)48-19-11(25)10(24)14(15(50-19)16(26)27)49-18-6(20-52(28,29)30)9(23)8(22)4(46-18)2-44-54(34,35)36/h4-15,17-25H,2-3H2,1H3,(H,26,27)(H,28,29,30)(H,31,32,33)(H,34,35,36)(H,37,38,39)(H,40,41,42)/t4-,5-,6-,7-,8-,9-,10-,11-,12-,13-,14+,15+,17+,18-,19-/m1/s1. The van der Waals surface area contributed by atoms with Crippen LogP contribution < -0.4 is 9.44 Å². The molecule has 0 aromatic rings. The Bertz CT molecular complexity index is 1930. The Morgan fingerprint density at radius 2 is 1.05 bits per heavy atom. The van der Waals surface area contributed by atoms with Crippen molar-refractivity contribution in [2.24, 2.45) is 0 Å². The zero-order chi connectivity index (χ0) is 42.9. The van der Waals surface area contributed by atoms with Gasteiger partial charge in [0.25, 0.3) is 0 Å². The van der Waals surface area contributed by atoms with Gasteiger partial charge in [-0.3, -0.25) is 22.8 Å². The summed E-state index contributed by atoms with van der Waals surface area (Å²) in [5, 5.41) is 52.9. The molecule has 15 atom stereocenters. The molecule has 32 nitrogen and oxygen atoms in total. The molecule has 3 fully saturated rings. The van der Waals surface area contributed by atoms with E-state index < -0.39 is 163 Å². The van der Waals surface area contributed by atoms with E-state index in [1.807, 2.05) is 0 Å². The number of hydrogen-bond donors (Lipinski definition) is 12. The summed E-state index contributed by atoms with van der Waals surface area (Å²) in [6, 6.07) is -4.73. The maximum atomic E-state index is 12.4. The van der Waals surface area contributed by atoms with E-state index in [0.29, 0.717) is 0 Å². The zero-order valence-electron chi connectivity index (χ0n) is 27.3. The molecule has 0 spiro atoms. The molecule has 12 N–H and O–H groups in total. The Morgan fingerprint density at radius 3 is 1.52 bits per heavy atom. The Hall–Kier alpha value is -1.58. The van der Waals surface area contributed by atoms with Gasteiger partial charge in [0.05, 0.1) is 13.2 Å². The molecule has 0 bridgehead atoms. The number of methoxy groups -OCH3 is 1. The largest absolute Gasteiger partial charge is 0.479 e. The molecule has 56 heavy (non-hydrogen) atoms. The average Bonchev–Trinajstić information content (AvgIpc) is 3.01. The van der Waals surface area contributed by atoms with Crippen LogP contribution >= 0.6 is 0 Å². The molecule has 0 aromatic carbocycles. The number of aliphatic hydroxyl groups is 4. The summed E-state index contributed by atoms with van der Waals surface area (Å²) in [4.78, 5) is 12.4. The van der Waals surface area contributed by atoms with E-state index in [2.05, 4.69) is 12.5 Å². The molecular formula is C19H34N2O30S5. The predicted molar refractivity (Wildman–Crippen MR) is 163 cm³/mol. The highest BCUT2D eigenvalue weighted by molar-refractivity contribution is 7.84. The third-order valence-electron chi connectivity index (χ3n) is 7.52. The number of rotatable bonds is 18. The number of carbonyl (C=O) groups is 1. The number of aliphatic hydroxyl groups excluding tert-OH is 4. The van der Waals surface area contributed by atoms with Gasteiger partial charge in [-0.25, -0.2) is 17.3 Å². The molecule has 0 radical (unpaired) electrons. The molecule has 3 rings (SSSR count). The van der Waals surface area contributed by atoms with Crippen LogP contribution in [0.25, 0.3) is 0 Å². The second kappa shape index (κ2) is 18.4. The maximum Gasteiger partial charge on any atom is 0.397 e. The molecule has 3 saturated heterocycles. The molecule has 3 aliphatic heterocycles. The number of carboxylic acids is 1. The Labute approximate surface area is 315 Å². The predicted octanol–water partition coefficient (Wildman–Crippen LogP) is -8.55. The van der Waals surface area contributed by atoms with Gasteiger partial charge in [0, 0.05) is 7.11 Å². The first kappa shape index (κ1) is 48.8. The summed E-state index contributed by atoms with van der Waals surface area (Å²) >= 11 is 0. The fourth-order valence-electron chi connectivity index (χ4n) is 5.35. The second-order valence-corrected chi connectivity index (χ2v) is 17.0. The van der Waals surface area contributed by atoms with E-state index in [1.165, 1.54) is 9.44 Å². The van der Waals surface area contributed by atoms with Crippen LogP contribution in [0.5, 0.6) is 0 Å². The van der Waals surface area contributed by atoms with Crippen molar-refractivity contribution in [2.45, 2.75) is 92.0 Å². The molecule has 0 saturated carbocycles. The van der Waals surface area contributed by atoms with Gasteiger partial charge in [-0.15, -0.1) is 0 Å². The molecule has 3 heterocycles. The number of carboxylic acid groups (broad SMARTS) is 1. The smallest absolute Gasteiger partial charge is 0.397 e. The van der Waals surface area contributed by atoms with Gasteiger partial charge >= 0.3 is 57.8 Å². The second-order valence-electron chi connectivity index (χ2n) is 11.4. The number of aliphatic carboxylic acids is 1. The summed E-state index contributed by atoms with van der Waals surface area (Å²) in [6.07, 6.45) is -32.2. The molecule has 37 heteroatoms. The lowest BCUT2D eigenvalue weighted by molar-refractivity contribution is -0.360. The molecule has 0 unspecified atom stereocenters. The van der Waals surface area contributed by atoms with Crippen molar-refractivity contribution in [3.63, 3.8) is 0 Å². The van der Waals surface area contributed by atoms with Crippen LogP contribution in [-0.2, 0) is 97.6 Å². The first-order chi connectivity index (χ1) is 25.3. The lowest BCUT2D eigenvalue weighted by Crippen LogP contribution is -2.70. The van der Waals surface area contributed by atoms with Crippen LogP contribution in [0.2, 0.25) is 0 Å². The Morgan fingerprint density at radius 1 is 0.571 bits per heavy atom. The van der Waals surface area contributed by atoms with E-state index in [0.717, 1.165) is 7.11 Å². The fraction of sp³-hybridized carbons (Fsp3) is 0.947. The van der Waals surface area contributed by atoms with Crippen molar-refractivity contribution in [3.05, 3.63) is 0 Å². The van der Waals surface area contributed by atoms with E-state index in [4.69, 9.17) is 37.5 Å². The minimum atomic E-state index is -5.76. The highest BCUT2D eigenvalue weighted by Gasteiger charge is 2.57. The Kier molecular flexibility index (Phi) is 16.0. The van der Waals surface area contributed by atoms with Gasteiger partial charge in [-0.1, -0.05) is 0 Å². The fourth-order valence-corrected chi connectivity index (χ4v) is 7.66. The lowest BCUT2D eigenvalue weighted by Gasteiger charge is -2.48. The number of ether oxygens (including phenoxy) is 6. The van der Waals surface area contributed by atoms with Crippen molar-refractivity contribution >= 4 is 57.8 Å². The third-order valence-corrected chi connectivity index (χ3v) is 9.99. The van der Waals surface area contributed by atoms with E-state index in [9.17, 15) is 86.1 Å². The minimum Gasteiger partial charge on any atom is -0.479 e. The van der Waals surface area contributed by atoms with Crippen molar-refractivity contribution < 1.29 is 136 Å². The molecule has 0 amide bonds. The zero-order valence-corrected chi connectivity index (χ0v) is 31.3. The van der Waals surface area contributed by atoms with Crippen molar-refractivity contribution in [2.75, 3.05) is 20.3 Å². The van der Waals surface area contributed by atoms with Crippen molar-refractivity contribution in [1.29, 1.82) is 0 Å². The summed E-state index contributed by atoms with van der Waals surface area (Å²) in [6.45, 7) is -2.80. The van der Waals surface area contributed by atoms with Crippen molar-refractivity contribution in [1.82, 2.24) is 9.44 Å². The highest BCUT2D eigenvalue weighted by atomic mass is 32.3. The van der Waals surface area contributed by atoms with Gasteiger partial charge in [0.2, 0.25) is 0 Å². The SMILES string of the molecule is CO[C@H]1O[C@H](COS(=O)(=O)O)[C@@H](O[C@@H]2O[C@H](C(=O)O)[C@@H](O[C@H]3O[C@H](COS(=O)(=O)O)[C@@H](O)[C@H](O)[C@H]3NS(=O)(=O)O)[C@H](O)[C@H]2O)[C@H](OS(=O)(=O)O)[C@H]1NS(=O)(=O)O. The summed E-state index contributed by atoms with van der Waals surface area (Å²) in [5.41, 5.74) is 0. The van der Waals surface area contributed by atoms with Gasteiger partial charge in [0.15, 0.2) is 25.0 Å². The molecule has 3 aliphatic rings.